The Morgan fingerprint density at radius 2 is 1.25 bits per heavy atom. The van der Waals surface area contributed by atoms with Crippen molar-refractivity contribution in [1.29, 1.82) is 10.5 Å². The molecule has 0 saturated heterocycles. The number of carbonyl (C=O) groups is 1. The summed E-state index contributed by atoms with van der Waals surface area (Å²) in [5.74, 6) is 1.47. The fourth-order valence-electron chi connectivity index (χ4n) is 6.89. The third-order valence-electron chi connectivity index (χ3n) is 9.10. The van der Waals surface area contributed by atoms with Crippen LogP contribution in [-0.4, -0.2) is 68.1 Å². The SMILES string of the molecule is CCN(CC)c1ccc2c(c1)Oc1cc(N(CC)CC)ccc1C21c2ccccc2C(=O)N1CCN(CCC#N)CCC#N. The molecule has 1 amide bonds. The monoisotopic (exact) mass is 590 g/mol. The first-order valence-corrected chi connectivity index (χ1v) is 15.8. The Kier molecular flexibility index (Phi) is 9.42. The highest BCUT2D eigenvalue weighted by Crippen LogP contribution is 2.58. The Balaban J connectivity index is 1.72. The maximum Gasteiger partial charge on any atom is 0.255 e. The molecule has 44 heavy (non-hydrogen) atoms. The lowest BCUT2D eigenvalue weighted by molar-refractivity contribution is 0.0636. The molecule has 0 atom stereocenters. The predicted octanol–water partition coefficient (Wildman–Crippen LogP) is 6.36. The molecule has 1 spiro atoms. The average Bonchev–Trinajstić information content (AvgIpc) is 3.29. The fraction of sp³-hybridized carbons (Fsp3) is 0.417. The van der Waals surface area contributed by atoms with Crippen molar-refractivity contribution in [2.45, 2.75) is 46.1 Å². The lowest BCUT2D eigenvalue weighted by Crippen LogP contribution is -2.50. The molecule has 2 aliphatic rings. The molecule has 228 valence electrons. The summed E-state index contributed by atoms with van der Waals surface area (Å²) in [5, 5.41) is 18.5. The number of amides is 1. The van der Waals surface area contributed by atoms with E-state index in [1.807, 2.05) is 23.1 Å². The van der Waals surface area contributed by atoms with Crippen LogP contribution in [-0.2, 0) is 5.54 Å². The molecule has 0 N–H and O–H groups in total. The van der Waals surface area contributed by atoms with Crippen LogP contribution in [0.5, 0.6) is 11.5 Å². The molecule has 3 aromatic rings. The van der Waals surface area contributed by atoms with Gasteiger partial charge in [0.15, 0.2) is 0 Å². The molecule has 0 unspecified atom stereocenters. The van der Waals surface area contributed by atoms with Gasteiger partial charge in [0.25, 0.3) is 5.91 Å². The van der Waals surface area contributed by atoms with Gasteiger partial charge in [0.2, 0.25) is 0 Å². The standard InChI is InChI=1S/C36H42N6O2/c1-5-40(6-2)27-15-17-31-33(25-27)44-34-26-28(41(7-3)8-4)16-18-32(34)36(31)30-14-10-9-13-29(30)35(43)42(36)24-23-39(21-11-19-37)22-12-20-38/h9-10,13-18,25-26H,5-8,11-12,21-24H2,1-4H3. The second-order valence-electron chi connectivity index (χ2n) is 11.2. The van der Waals surface area contributed by atoms with Crippen molar-refractivity contribution < 1.29 is 9.53 Å². The van der Waals surface area contributed by atoms with Gasteiger partial charge in [0.1, 0.15) is 17.0 Å². The maximum absolute atomic E-state index is 14.4. The third-order valence-corrected chi connectivity index (χ3v) is 9.10. The lowest BCUT2D eigenvalue weighted by Gasteiger charge is -2.45. The Hall–Kier alpha value is -4.53. The molecule has 5 rings (SSSR count). The number of anilines is 2. The molecular formula is C36H42N6O2. The molecule has 0 saturated carbocycles. The van der Waals surface area contributed by atoms with Gasteiger partial charge in [-0.2, -0.15) is 10.5 Å². The first kappa shape index (κ1) is 30.9. The number of nitriles is 2. The number of rotatable bonds is 13. The topological polar surface area (TPSA) is 86.8 Å². The van der Waals surface area contributed by atoms with E-state index in [9.17, 15) is 15.3 Å². The van der Waals surface area contributed by atoms with Gasteiger partial charge in [-0.15, -0.1) is 0 Å². The molecule has 0 aromatic heterocycles. The second-order valence-corrected chi connectivity index (χ2v) is 11.2. The molecule has 0 fully saturated rings. The summed E-state index contributed by atoms with van der Waals surface area (Å²) < 4.78 is 6.78. The quantitative estimate of drug-likeness (QED) is 0.229. The Bertz CT molecular complexity index is 1500. The van der Waals surface area contributed by atoms with E-state index in [2.05, 4.69) is 97.0 Å². The van der Waals surface area contributed by atoms with Crippen LogP contribution in [0.25, 0.3) is 0 Å². The molecule has 0 radical (unpaired) electrons. The smallest absolute Gasteiger partial charge is 0.255 e. The first-order valence-electron chi connectivity index (χ1n) is 15.8. The van der Waals surface area contributed by atoms with Gasteiger partial charge in [0, 0.05) is 105 Å². The van der Waals surface area contributed by atoms with E-state index in [0.717, 1.165) is 65.7 Å². The summed E-state index contributed by atoms with van der Waals surface area (Å²) in [7, 11) is 0. The van der Waals surface area contributed by atoms with E-state index in [4.69, 9.17) is 4.74 Å². The van der Waals surface area contributed by atoms with Crippen LogP contribution in [0.3, 0.4) is 0 Å². The van der Waals surface area contributed by atoms with Gasteiger partial charge in [-0.05, 0) is 51.5 Å². The normalized spacial score (nSPS) is 14.0. The Morgan fingerprint density at radius 3 is 1.75 bits per heavy atom. The van der Waals surface area contributed by atoms with Crippen LogP contribution in [0.4, 0.5) is 11.4 Å². The molecule has 2 heterocycles. The third kappa shape index (κ3) is 5.25. The summed E-state index contributed by atoms with van der Waals surface area (Å²) in [6.45, 7) is 14.2. The zero-order chi connectivity index (χ0) is 31.3. The second kappa shape index (κ2) is 13.4. The molecule has 3 aromatic carbocycles. The minimum atomic E-state index is -0.893. The minimum Gasteiger partial charge on any atom is -0.456 e. The van der Waals surface area contributed by atoms with Crippen molar-refractivity contribution in [2.75, 3.05) is 62.2 Å². The van der Waals surface area contributed by atoms with Gasteiger partial charge in [-0.1, -0.05) is 30.3 Å². The maximum atomic E-state index is 14.4. The van der Waals surface area contributed by atoms with E-state index < -0.39 is 5.54 Å². The number of carbonyl (C=O) groups excluding carboxylic acids is 1. The zero-order valence-electron chi connectivity index (χ0n) is 26.3. The highest BCUT2D eigenvalue weighted by Gasteiger charge is 2.56. The van der Waals surface area contributed by atoms with E-state index in [-0.39, 0.29) is 5.91 Å². The molecule has 8 heteroatoms. The molecule has 0 aliphatic carbocycles. The Labute approximate surface area is 261 Å². The van der Waals surface area contributed by atoms with Crippen molar-refractivity contribution in [3.8, 4) is 23.6 Å². The largest absolute Gasteiger partial charge is 0.456 e. The number of hydrogen-bond donors (Lipinski definition) is 0. The molecule has 8 nitrogen and oxygen atoms in total. The van der Waals surface area contributed by atoms with Gasteiger partial charge < -0.3 is 19.4 Å². The predicted molar refractivity (Wildman–Crippen MR) is 174 cm³/mol. The van der Waals surface area contributed by atoms with Crippen LogP contribution >= 0.6 is 0 Å². The fourth-order valence-corrected chi connectivity index (χ4v) is 6.89. The number of benzene rings is 3. The molecule has 0 bridgehead atoms. The molecule has 2 aliphatic heterocycles. The van der Waals surface area contributed by atoms with Crippen molar-refractivity contribution >= 4 is 17.3 Å². The molecular weight excluding hydrogens is 548 g/mol. The lowest BCUT2D eigenvalue weighted by atomic mass is 9.74. The van der Waals surface area contributed by atoms with E-state index in [1.165, 1.54) is 0 Å². The van der Waals surface area contributed by atoms with Crippen LogP contribution in [0, 0.1) is 22.7 Å². The van der Waals surface area contributed by atoms with Gasteiger partial charge in [-0.3, -0.25) is 9.69 Å². The van der Waals surface area contributed by atoms with Crippen molar-refractivity contribution in [3.63, 3.8) is 0 Å². The summed E-state index contributed by atoms with van der Waals surface area (Å²) in [6, 6.07) is 25.2. The zero-order valence-corrected chi connectivity index (χ0v) is 26.3. The Morgan fingerprint density at radius 1 is 0.727 bits per heavy atom. The van der Waals surface area contributed by atoms with Crippen LogP contribution < -0.4 is 14.5 Å². The summed E-state index contributed by atoms with van der Waals surface area (Å²) >= 11 is 0. The summed E-state index contributed by atoms with van der Waals surface area (Å²) in [4.78, 5) is 23.1. The van der Waals surface area contributed by atoms with Crippen LogP contribution in [0.1, 0.15) is 67.6 Å². The van der Waals surface area contributed by atoms with Gasteiger partial charge in [0.05, 0.1) is 12.1 Å². The van der Waals surface area contributed by atoms with Crippen LogP contribution in [0.2, 0.25) is 0 Å². The van der Waals surface area contributed by atoms with Crippen molar-refractivity contribution in [2.24, 2.45) is 0 Å². The van der Waals surface area contributed by atoms with Gasteiger partial charge in [-0.25, -0.2) is 0 Å². The minimum absolute atomic E-state index is 0.0273. The van der Waals surface area contributed by atoms with Crippen LogP contribution in [0.15, 0.2) is 60.7 Å². The first-order chi connectivity index (χ1) is 21.5. The van der Waals surface area contributed by atoms with Crippen molar-refractivity contribution in [3.05, 3.63) is 82.9 Å². The summed E-state index contributed by atoms with van der Waals surface area (Å²) in [5.41, 5.74) is 4.78. The summed E-state index contributed by atoms with van der Waals surface area (Å²) in [6.07, 6.45) is 0.735. The number of hydrogen-bond acceptors (Lipinski definition) is 7. The van der Waals surface area contributed by atoms with E-state index in [0.29, 0.717) is 44.6 Å². The number of nitrogens with zero attached hydrogens (tertiary/aromatic N) is 6. The van der Waals surface area contributed by atoms with E-state index >= 15 is 0 Å². The average molecular weight is 591 g/mol. The highest BCUT2D eigenvalue weighted by molar-refractivity contribution is 6.02. The highest BCUT2D eigenvalue weighted by atomic mass is 16.5. The van der Waals surface area contributed by atoms with Gasteiger partial charge >= 0.3 is 0 Å². The number of fused-ring (bicyclic) bond motifs is 6. The van der Waals surface area contributed by atoms with Crippen molar-refractivity contribution in [1.82, 2.24) is 9.80 Å². The number of ether oxygens (including phenoxy) is 1. The van der Waals surface area contributed by atoms with E-state index in [1.54, 1.807) is 0 Å².